The Hall–Kier alpha value is -1.73. The molecule has 5 nitrogen and oxygen atoms in total. The molecule has 2 rings (SSSR count). The van der Waals surface area contributed by atoms with Crippen molar-refractivity contribution >= 4 is 38.9 Å². The molecule has 118 valence electrons. The predicted molar refractivity (Wildman–Crippen MR) is 86.6 cm³/mol. The lowest BCUT2D eigenvalue weighted by Gasteiger charge is -2.33. The number of piperazine rings is 1. The van der Waals surface area contributed by atoms with Gasteiger partial charge in [-0.05, 0) is 35.0 Å². The molecule has 0 radical (unpaired) electrons. The van der Waals surface area contributed by atoms with Gasteiger partial charge in [-0.1, -0.05) is 6.58 Å². The SMILES string of the molecule is C=C(C(=O)C(=O)N1CCNC[C@@H]1C)c1c(F)ccc(Br)c1N. The molecule has 1 heterocycles. The fraction of sp³-hybridized carbons (Fsp3) is 0.333. The highest BCUT2D eigenvalue weighted by Crippen LogP contribution is 2.31. The van der Waals surface area contributed by atoms with Crippen LogP contribution in [-0.4, -0.2) is 42.3 Å². The number of nitrogen functional groups attached to an aromatic ring is 1. The molecule has 0 saturated carbocycles. The average Bonchev–Trinajstić information content (AvgIpc) is 2.50. The van der Waals surface area contributed by atoms with E-state index in [2.05, 4.69) is 27.8 Å². The van der Waals surface area contributed by atoms with Crippen molar-refractivity contribution in [1.29, 1.82) is 0 Å². The monoisotopic (exact) mass is 369 g/mol. The number of hydrogen-bond acceptors (Lipinski definition) is 4. The van der Waals surface area contributed by atoms with Gasteiger partial charge in [-0.3, -0.25) is 9.59 Å². The Labute approximate surface area is 136 Å². The van der Waals surface area contributed by atoms with E-state index < -0.39 is 17.5 Å². The Bertz CT molecular complexity index is 648. The van der Waals surface area contributed by atoms with E-state index in [1.165, 1.54) is 17.0 Å². The average molecular weight is 370 g/mol. The van der Waals surface area contributed by atoms with Gasteiger partial charge in [0.25, 0.3) is 11.7 Å². The lowest BCUT2D eigenvalue weighted by atomic mass is 9.99. The number of halogens is 2. The molecule has 1 aliphatic heterocycles. The first-order chi connectivity index (χ1) is 10.3. The topological polar surface area (TPSA) is 75.4 Å². The van der Waals surface area contributed by atoms with Crippen LogP contribution in [0.1, 0.15) is 12.5 Å². The third-order valence-corrected chi connectivity index (χ3v) is 4.37. The van der Waals surface area contributed by atoms with Crippen LogP contribution in [0, 0.1) is 5.82 Å². The zero-order valence-corrected chi connectivity index (χ0v) is 13.7. The number of benzene rings is 1. The molecule has 1 fully saturated rings. The number of anilines is 1. The molecule has 1 amide bonds. The normalized spacial score (nSPS) is 18.1. The van der Waals surface area contributed by atoms with Crippen molar-refractivity contribution in [3.63, 3.8) is 0 Å². The van der Waals surface area contributed by atoms with Gasteiger partial charge in [-0.25, -0.2) is 4.39 Å². The minimum atomic E-state index is -0.836. The van der Waals surface area contributed by atoms with Gasteiger partial charge in [0.05, 0.1) is 5.69 Å². The molecular weight excluding hydrogens is 353 g/mol. The van der Waals surface area contributed by atoms with E-state index in [-0.39, 0.29) is 22.9 Å². The van der Waals surface area contributed by atoms with Gasteiger partial charge in [-0.2, -0.15) is 0 Å². The third kappa shape index (κ3) is 3.05. The van der Waals surface area contributed by atoms with Crippen LogP contribution < -0.4 is 11.1 Å². The largest absolute Gasteiger partial charge is 0.397 e. The first-order valence-corrected chi connectivity index (χ1v) is 7.62. The summed E-state index contributed by atoms with van der Waals surface area (Å²) in [6.07, 6.45) is 0. The summed E-state index contributed by atoms with van der Waals surface area (Å²) in [6, 6.07) is 2.50. The Balaban J connectivity index is 2.28. The van der Waals surface area contributed by atoms with Gasteiger partial charge in [0.15, 0.2) is 0 Å². The van der Waals surface area contributed by atoms with Crippen molar-refractivity contribution in [2.45, 2.75) is 13.0 Å². The van der Waals surface area contributed by atoms with Crippen LogP contribution in [0.3, 0.4) is 0 Å². The zero-order chi connectivity index (χ0) is 16.4. The fourth-order valence-electron chi connectivity index (χ4n) is 2.39. The molecule has 3 N–H and O–H groups in total. The molecule has 1 aliphatic rings. The molecular formula is C15H17BrFN3O2. The van der Waals surface area contributed by atoms with Gasteiger partial charge in [0.1, 0.15) is 5.82 Å². The van der Waals surface area contributed by atoms with Crippen LogP contribution in [0.2, 0.25) is 0 Å². The number of Topliss-reactive ketones (excluding diaryl/α,β-unsaturated/α-hetero) is 1. The number of nitrogens with zero attached hydrogens (tertiary/aromatic N) is 1. The zero-order valence-electron chi connectivity index (χ0n) is 12.2. The highest BCUT2D eigenvalue weighted by molar-refractivity contribution is 9.10. The van der Waals surface area contributed by atoms with E-state index in [0.717, 1.165) is 0 Å². The van der Waals surface area contributed by atoms with Crippen molar-refractivity contribution in [2.75, 3.05) is 25.4 Å². The number of rotatable bonds is 3. The third-order valence-electron chi connectivity index (χ3n) is 3.67. The summed E-state index contributed by atoms with van der Waals surface area (Å²) in [6.45, 7) is 7.07. The van der Waals surface area contributed by atoms with Gasteiger partial charge in [-0.15, -0.1) is 0 Å². The van der Waals surface area contributed by atoms with Crippen molar-refractivity contribution < 1.29 is 14.0 Å². The first kappa shape index (κ1) is 16.6. The van der Waals surface area contributed by atoms with Crippen molar-refractivity contribution in [3.05, 3.63) is 34.6 Å². The number of nitrogens with two attached hydrogens (primary N) is 1. The second-order valence-electron chi connectivity index (χ2n) is 5.18. The van der Waals surface area contributed by atoms with Crippen LogP contribution in [-0.2, 0) is 9.59 Å². The Morgan fingerprint density at radius 3 is 2.82 bits per heavy atom. The van der Waals surface area contributed by atoms with Gasteiger partial charge in [0.2, 0.25) is 0 Å². The molecule has 0 bridgehead atoms. The highest BCUT2D eigenvalue weighted by atomic mass is 79.9. The van der Waals surface area contributed by atoms with Crippen LogP contribution in [0.5, 0.6) is 0 Å². The Morgan fingerprint density at radius 1 is 1.50 bits per heavy atom. The van der Waals surface area contributed by atoms with E-state index in [0.29, 0.717) is 24.1 Å². The Morgan fingerprint density at radius 2 is 2.18 bits per heavy atom. The number of carbonyl (C=O) groups is 2. The molecule has 1 aromatic carbocycles. The minimum absolute atomic E-state index is 0.0551. The molecule has 0 aromatic heterocycles. The molecule has 1 atom stereocenters. The molecule has 1 saturated heterocycles. The summed E-state index contributed by atoms with van der Waals surface area (Å²) >= 11 is 3.17. The minimum Gasteiger partial charge on any atom is -0.397 e. The summed E-state index contributed by atoms with van der Waals surface area (Å²) in [5.74, 6) is -2.20. The van der Waals surface area contributed by atoms with Gasteiger partial charge in [0, 0.05) is 41.3 Å². The molecule has 22 heavy (non-hydrogen) atoms. The maximum atomic E-state index is 14.0. The van der Waals surface area contributed by atoms with Gasteiger partial charge < -0.3 is 16.0 Å². The maximum absolute atomic E-state index is 14.0. The summed E-state index contributed by atoms with van der Waals surface area (Å²) in [7, 11) is 0. The maximum Gasteiger partial charge on any atom is 0.295 e. The first-order valence-electron chi connectivity index (χ1n) is 6.83. The van der Waals surface area contributed by atoms with Crippen LogP contribution in [0.4, 0.5) is 10.1 Å². The second kappa shape index (κ2) is 6.58. The fourth-order valence-corrected chi connectivity index (χ4v) is 2.72. The van der Waals surface area contributed by atoms with Crippen LogP contribution in [0.25, 0.3) is 5.57 Å². The molecule has 1 aromatic rings. The molecule has 0 aliphatic carbocycles. The van der Waals surface area contributed by atoms with Crippen molar-refractivity contribution in [1.82, 2.24) is 10.2 Å². The van der Waals surface area contributed by atoms with Crippen molar-refractivity contribution in [3.8, 4) is 0 Å². The smallest absolute Gasteiger partial charge is 0.295 e. The van der Waals surface area contributed by atoms with E-state index in [1.54, 1.807) is 0 Å². The van der Waals surface area contributed by atoms with E-state index in [1.807, 2.05) is 6.92 Å². The molecule has 0 unspecified atom stereocenters. The van der Waals surface area contributed by atoms with Crippen LogP contribution >= 0.6 is 15.9 Å². The molecule has 7 heteroatoms. The summed E-state index contributed by atoms with van der Waals surface area (Å²) < 4.78 is 14.4. The number of amides is 1. The number of hydrogen-bond donors (Lipinski definition) is 2. The van der Waals surface area contributed by atoms with Crippen LogP contribution in [0.15, 0.2) is 23.2 Å². The quantitative estimate of drug-likeness (QED) is 0.481. The summed E-state index contributed by atoms with van der Waals surface area (Å²) in [4.78, 5) is 26.2. The van der Waals surface area contributed by atoms with E-state index in [9.17, 15) is 14.0 Å². The number of carbonyl (C=O) groups excluding carboxylic acids is 2. The molecule has 0 spiro atoms. The second-order valence-corrected chi connectivity index (χ2v) is 6.03. The number of nitrogens with one attached hydrogen (secondary N) is 1. The number of ketones is 1. The highest BCUT2D eigenvalue weighted by Gasteiger charge is 2.31. The standard InChI is InChI=1S/C15H17BrFN3O2/c1-8-7-19-5-6-20(8)15(22)14(21)9(2)12-11(17)4-3-10(16)13(12)18/h3-4,8,19H,2,5-7,18H2,1H3/t8-/m0/s1. The van der Waals surface area contributed by atoms with Gasteiger partial charge >= 0.3 is 0 Å². The van der Waals surface area contributed by atoms with E-state index >= 15 is 0 Å². The summed E-state index contributed by atoms with van der Waals surface area (Å²) in [5.41, 5.74) is 5.49. The lowest BCUT2D eigenvalue weighted by molar-refractivity contribution is -0.143. The summed E-state index contributed by atoms with van der Waals surface area (Å²) in [5, 5.41) is 3.13. The van der Waals surface area contributed by atoms with Crippen molar-refractivity contribution in [2.24, 2.45) is 0 Å². The van der Waals surface area contributed by atoms with E-state index in [4.69, 9.17) is 5.73 Å². The predicted octanol–water partition coefficient (Wildman–Crippen LogP) is 1.57. The Kier molecular flexibility index (Phi) is 4.97. The lowest BCUT2D eigenvalue weighted by Crippen LogP contribution is -2.54.